The molecular formula is C9H13N5O3. The second kappa shape index (κ2) is 4.89. The Bertz CT molecular complexity index is 405. The van der Waals surface area contributed by atoms with E-state index in [4.69, 9.17) is 5.11 Å². The van der Waals surface area contributed by atoms with Crippen LogP contribution in [0.1, 0.15) is 25.1 Å². The number of nitrogens with one attached hydrogen (secondary N) is 2. The van der Waals surface area contributed by atoms with Crippen molar-refractivity contribution < 1.29 is 14.7 Å². The van der Waals surface area contributed by atoms with Crippen molar-refractivity contribution >= 4 is 11.9 Å². The standard InChI is InChI=1S/C9H13N5O3/c15-8(10-4-7-11-13-14-12-7)5-1-2-6(3-5)9(16)17/h5-6H,1-4H2,(H,10,15)(H,16,17)(H,11,12,13,14)/t5-,6+/m1/s1. The highest BCUT2D eigenvalue weighted by atomic mass is 16.4. The molecule has 0 saturated heterocycles. The summed E-state index contributed by atoms with van der Waals surface area (Å²) in [5.74, 6) is -1.16. The number of tetrazole rings is 1. The number of carboxylic acids is 1. The third kappa shape index (κ3) is 2.77. The van der Waals surface area contributed by atoms with Gasteiger partial charge in [0, 0.05) is 5.92 Å². The molecule has 1 amide bonds. The van der Waals surface area contributed by atoms with Crippen molar-refractivity contribution in [2.45, 2.75) is 25.8 Å². The molecule has 2 rings (SSSR count). The highest BCUT2D eigenvalue weighted by molar-refractivity contribution is 5.80. The molecule has 0 radical (unpaired) electrons. The van der Waals surface area contributed by atoms with Gasteiger partial charge in [0.1, 0.15) is 0 Å². The molecule has 3 N–H and O–H groups in total. The van der Waals surface area contributed by atoms with Crippen LogP contribution in [-0.4, -0.2) is 37.6 Å². The number of hydrogen-bond acceptors (Lipinski definition) is 5. The third-order valence-electron chi connectivity index (χ3n) is 2.96. The number of H-pyrrole nitrogens is 1. The van der Waals surface area contributed by atoms with Crippen LogP contribution in [0.15, 0.2) is 0 Å². The van der Waals surface area contributed by atoms with Crippen molar-refractivity contribution in [1.82, 2.24) is 25.9 Å². The van der Waals surface area contributed by atoms with E-state index in [0.717, 1.165) is 0 Å². The average molecular weight is 239 g/mol. The van der Waals surface area contributed by atoms with Gasteiger partial charge in [0.05, 0.1) is 12.5 Å². The minimum atomic E-state index is -0.821. The number of carbonyl (C=O) groups excluding carboxylic acids is 1. The summed E-state index contributed by atoms with van der Waals surface area (Å²) in [6.45, 7) is 0.212. The fourth-order valence-corrected chi connectivity index (χ4v) is 2.01. The van der Waals surface area contributed by atoms with Gasteiger partial charge in [0.2, 0.25) is 5.91 Å². The molecule has 0 aliphatic heterocycles. The van der Waals surface area contributed by atoms with Gasteiger partial charge in [-0.1, -0.05) is 5.21 Å². The molecule has 1 aromatic heterocycles. The Hall–Kier alpha value is -1.99. The fourth-order valence-electron chi connectivity index (χ4n) is 2.01. The van der Waals surface area contributed by atoms with Crippen LogP contribution in [0.2, 0.25) is 0 Å². The zero-order chi connectivity index (χ0) is 12.3. The molecule has 8 nitrogen and oxygen atoms in total. The summed E-state index contributed by atoms with van der Waals surface area (Å²) >= 11 is 0. The molecule has 1 fully saturated rings. The second-order valence-corrected chi connectivity index (χ2v) is 4.09. The van der Waals surface area contributed by atoms with Crippen molar-refractivity contribution in [3.8, 4) is 0 Å². The summed E-state index contributed by atoms with van der Waals surface area (Å²) in [4.78, 5) is 22.5. The molecule has 1 aromatic rings. The van der Waals surface area contributed by atoms with Crippen LogP contribution in [0.25, 0.3) is 0 Å². The summed E-state index contributed by atoms with van der Waals surface area (Å²) in [6, 6.07) is 0. The molecule has 2 atom stereocenters. The van der Waals surface area contributed by atoms with Crippen LogP contribution in [-0.2, 0) is 16.1 Å². The molecule has 1 aliphatic carbocycles. The molecule has 8 heteroatoms. The zero-order valence-corrected chi connectivity index (χ0v) is 9.09. The van der Waals surface area contributed by atoms with Crippen molar-refractivity contribution in [2.24, 2.45) is 11.8 Å². The number of aromatic amines is 1. The van der Waals surface area contributed by atoms with Crippen molar-refractivity contribution in [3.63, 3.8) is 0 Å². The predicted molar refractivity (Wildman–Crippen MR) is 54.5 cm³/mol. The van der Waals surface area contributed by atoms with Gasteiger partial charge in [-0.3, -0.25) is 9.59 Å². The van der Waals surface area contributed by atoms with E-state index in [0.29, 0.717) is 25.1 Å². The number of aliphatic carboxylic acids is 1. The van der Waals surface area contributed by atoms with Crippen LogP contribution < -0.4 is 5.32 Å². The van der Waals surface area contributed by atoms with E-state index in [1.165, 1.54) is 0 Å². The first-order valence-electron chi connectivity index (χ1n) is 5.39. The Balaban J connectivity index is 1.79. The van der Waals surface area contributed by atoms with Gasteiger partial charge in [-0.2, -0.15) is 5.21 Å². The minimum absolute atomic E-state index is 0.140. The van der Waals surface area contributed by atoms with E-state index in [1.807, 2.05) is 0 Å². The maximum absolute atomic E-state index is 11.7. The SMILES string of the molecule is O=C(O)[C@H]1CC[C@@H](C(=O)NCc2nn[nH]n2)C1. The highest BCUT2D eigenvalue weighted by Crippen LogP contribution is 2.31. The molecule has 1 aliphatic rings. The largest absolute Gasteiger partial charge is 0.481 e. The van der Waals surface area contributed by atoms with E-state index < -0.39 is 11.9 Å². The quantitative estimate of drug-likeness (QED) is 0.640. The Morgan fingerprint density at radius 2 is 2.18 bits per heavy atom. The molecular weight excluding hydrogens is 226 g/mol. The number of carbonyl (C=O) groups is 2. The normalized spacial score (nSPS) is 23.5. The lowest BCUT2D eigenvalue weighted by Gasteiger charge is -2.08. The van der Waals surface area contributed by atoms with E-state index in [2.05, 4.69) is 25.9 Å². The number of carboxylic acid groups (broad SMARTS) is 1. The van der Waals surface area contributed by atoms with Gasteiger partial charge in [-0.25, -0.2) is 0 Å². The van der Waals surface area contributed by atoms with Gasteiger partial charge in [-0.05, 0) is 19.3 Å². The number of amides is 1. The highest BCUT2D eigenvalue weighted by Gasteiger charge is 2.33. The number of hydrogen-bond donors (Lipinski definition) is 3. The van der Waals surface area contributed by atoms with Crippen molar-refractivity contribution in [2.75, 3.05) is 0 Å². The van der Waals surface area contributed by atoms with E-state index in [9.17, 15) is 9.59 Å². The average Bonchev–Trinajstić information content (AvgIpc) is 2.96. The molecule has 1 heterocycles. The summed E-state index contributed by atoms with van der Waals surface area (Å²) in [6.07, 6.45) is 1.60. The number of aromatic nitrogens is 4. The van der Waals surface area contributed by atoms with Gasteiger partial charge in [0.15, 0.2) is 5.82 Å². The molecule has 1 saturated carbocycles. The maximum Gasteiger partial charge on any atom is 0.306 e. The number of rotatable bonds is 4. The van der Waals surface area contributed by atoms with E-state index >= 15 is 0 Å². The maximum atomic E-state index is 11.7. The first kappa shape index (κ1) is 11.5. The third-order valence-corrected chi connectivity index (χ3v) is 2.96. The van der Waals surface area contributed by atoms with Crippen LogP contribution in [0, 0.1) is 11.8 Å². The first-order chi connectivity index (χ1) is 8.16. The Morgan fingerprint density at radius 3 is 2.76 bits per heavy atom. The Labute approximate surface area is 96.8 Å². The lowest BCUT2D eigenvalue weighted by molar-refractivity contribution is -0.141. The lowest BCUT2D eigenvalue weighted by atomic mass is 10.0. The Morgan fingerprint density at radius 1 is 1.41 bits per heavy atom. The Kier molecular flexibility index (Phi) is 3.31. The van der Waals surface area contributed by atoms with Gasteiger partial charge in [0.25, 0.3) is 0 Å². The summed E-state index contributed by atoms with van der Waals surface area (Å²) in [5.41, 5.74) is 0. The zero-order valence-electron chi connectivity index (χ0n) is 9.09. The first-order valence-corrected chi connectivity index (χ1v) is 5.39. The van der Waals surface area contributed by atoms with Crippen LogP contribution in [0.4, 0.5) is 0 Å². The number of nitrogens with zero attached hydrogens (tertiary/aromatic N) is 3. The van der Waals surface area contributed by atoms with Gasteiger partial charge < -0.3 is 10.4 Å². The van der Waals surface area contributed by atoms with Crippen molar-refractivity contribution in [1.29, 1.82) is 0 Å². The predicted octanol–water partition coefficient (Wildman–Crippen LogP) is -0.683. The van der Waals surface area contributed by atoms with Crippen LogP contribution in [0.5, 0.6) is 0 Å². The monoisotopic (exact) mass is 239 g/mol. The molecule has 0 unspecified atom stereocenters. The lowest BCUT2D eigenvalue weighted by Crippen LogP contribution is -2.29. The van der Waals surface area contributed by atoms with Crippen molar-refractivity contribution in [3.05, 3.63) is 5.82 Å². The topological polar surface area (TPSA) is 121 Å². The summed E-state index contributed by atoms with van der Waals surface area (Å²) < 4.78 is 0. The molecule has 0 spiro atoms. The van der Waals surface area contributed by atoms with Gasteiger partial charge >= 0.3 is 5.97 Å². The summed E-state index contributed by atoms with van der Waals surface area (Å²) in [7, 11) is 0. The summed E-state index contributed by atoms with van der Waals surface area (Å²) in [5, 5.41) is 24.6. The molecule has 92 valence electrons. The smallest absolute Gasteiger partial charge is 0.306 e. The van der Waals surface area contributed by atoms with E-state index in [-0.39, 0.29) is 18.4 Å². The van der Waals surface area contributed by atoms with Gasteiger partial charge in [-0.15, -0.1) is 10.2 Å². The molecule has 0 aromatic carbocycles. The fraction of sp³-hybridized carbons (Fsp3) is 0.667. The second-order valence-electron chi connectivity index (χ2n) is 4.09. The minimum Gasteiger partial charge on any atom is -0.481 e. The molecule has 17 heavy (non-hydrogen) atoms. The van der Waals surface area contributed by atoms with E-state index in [1.54, 1.807) is 0 Å². The molecule has 0 bridgehead atoms. The van der Waals surface area contributed by atoms with Crippen LogP contribution >= 0.6 is 0 Å². The van der Waals surface area contributed by atoms with Crippen LogP contribution in [0.3, 0.4) is 0 Å².